The first-order chi connectivity index (χ1) is 15.7. The monoisotopic (exact) mass is 441 g/mol. The number of aromatic nitrogens is 4. The molecule has 2 aromatic heterocycles. The van der Waals surface area contributed by atoms with Crippen molar-refractivity contribution in [2.24, 2.45) is 4.99 Å². The molecule has 0 fully saturated rings. The summed E-state index contributed by atoms with van der Waals surface area (Å²) in [4.78, 5) is 5.90. The number of allylic oxidation sites excluding steroid dienone is 1. The molecular weight excluding hydrogens is 414 g/mol. The molecule has 0 N–H and O–H groups in total. The molecule has 6 heteroatoms. The smallest absolute Gasteiger partial charge is 0.190 e. The van der Waals surface area contributed by atoms with Gasteiger partial charge < -0.3 is 9.13 Å². The predicted octanol–water partition coefficient (Wildman–Crippen LogP) is 5.93. The van der Waals surface area contributed by atoms with Gasteiger partial charge in [-0.05, 0) is 49.6 Å². The van der Waals surface area contributed by atoms with Crippen molar-refractivity contribution < 1.29 is 0 Å². The van der Waals surface area contributed by atoms with Crippen LogP contribution in [0.4, 0.5) is 5.69 Å². The highest BCUT2D eigenvalue weighted by Gasteiger charge is 2.16. The van der Waals surface area contributed by atoms with Crippen LogP contribution in [0.3, 0.4) is 0 Å². The second-order valence-electron chi connectivity index (χ2n) is 8.23. The number of nitrogens with zero attached hydrogens (tertiary/aromatic N) is 5. The molecule has 0 bridgehead atoms. The molecule has 0 saturated heterocycles. The maximum atomic E-state index is 4.94. The lowest BCUT2D eigenvalue weighted by molar-refractivity contribution is 0.636. The third kappa shape index (κ3) is 4.10. The molecule has 0 unspecified atom stereocenters. The van der Waals surface area contributed by atoms with E-state index in [-0.39, 0.29) is 0 Å². The summed E-state index contributed by atoms with van der Waals surface area (Å²) in [7, 11) is 0. The lowest BCUT2D eigenvalue weighted by Gasteiger charge is -2.08. The first-order valence-corrected chi connectivity index (χ1v) is 12.0. The van der Waals surface area contributed by atoms with E-state index in [1.165, 1.54) is 30.4 Å². The molecule has 3 heterocycles. The molecular formula is C26H27N5S. The Labute approximate surface area is 192 Å². The summed E-state index contributed by atoms with van der Waals surface area (Å²) < 4.78 is 4.50. The summed E-state index contributed by atoms with van der Waals surface area (Å²) in [5.41, 5.74) is 5.64. The average Bonchev–Trinajstić information content (AvgIpc) is 3.31. The van der Waals surface area contributed by atoms with Gasteiger partial charge in [-0.3, -0.25) is 0 Å². The fourth-order valence-electron chi connectivity index (χ4n) is 4.17. The normalized spacial score (nSPS) is 14.2. The van der Waals surface area contributed by atoms with Crippen LogP contribution in [0.1, 0.15) is 30.7 Å². The highest BCUT2D eigenvalue weighted by atomic mass is 32.1. The van der Waals surface area contributed by atoms with E-state index in [9.17, 15) is 0 Å². The molecule has 1 aliphatic rings. The van der Waals surface area contributed by atoms with Crippen molar-refractivity contribution in [3.05, 3.63) is 82.8 Å². The van der Waals surface area contributed by atoms with Crippen molar-refractivity contribution in [2.45, 2.75) is 45.7 Å². The van der Waals surface area contributed by atoms with E-state index < -0.39 is 0 Å². The Balaban J connectivity index is 1.48. The molecule has 5 nitrogen and oxygen atoms in total. The van der Waals surface area contributed by atoms with E-state index in [2.05, 4.69) is 86.7 Å². The first kappa shape index (κ1) is 20.6. The van der Waals surface area contributed by atoms with Gasteiger partial charge in [-0.25, -0.2) is 4.99 Å². The van der Waals surface area contributed by atoms with Gasteiger partial charge in [-0.15, -0.1) is 28.1 Å². The number of thiazole rings is 1. The number of benzene rings is 2. The molecule has 32 heavy (non-hydrogen) atoms. The van der Waals surface area contributed by atoms with E-state index in [1.807, 2.05) is 6.08 Å². The van der Waals surface area contributed by atoms with Crippen LogP contribution in [0.5, 0.6) is 0 Å². The van der Waals surface area contributed by atoms with Gasteiger partial charge >= 0.3 is 0 Å². The van der Waals surface area contributed by atoms with Crippen molar-refractivity contribution in [2.75, 3.05) is 0 Å². The van der Waals surface area contributed by atoms with Gasteiger partial charge in [0.1, 0.15) is 5.82 Å². The number of hydrogen-bond donors (Lipinski definition) is 0. The molecule has 5 rings (SSSR count). The van der Waals surface area contributed by atoms with Crippen LogP contribution in [0.25, 0.3) is 22.6 Å². The summed E-state index contributed by atoms with van der Waals surface area (Å²) in [6.07, 6.45) is 6.59. The lowest BCUT2D eigenvalue weighted by Crippen LogP contribution is -2.14. The van der Waals surface area contributed by atoms with Crippen LogP contribution in [-0.2, 0) is 19.5 Å². The number of fused-ring (bicyclic) bond motifs is 1. The summed E-state index contributed by atoms with van der Waals surface area (Å²) in [5, 5.41) is 11.1. The predicted molar refractivity (Wildman–Crippen MR) is 131 cm³/mol. The van der Waals surface area contributed by atoms with Gasteiger partial charge in [0.15, 0.2) is 10.6 Å². The second-order valence-corrected chi connectivity index (χ2v) is 9.07. The van der Waals surface area contributed by atoms with E-state index >= 15 is 0 Å². The van der Waals surface area contributed by atoms with Crippen molar-refractivity contribution in [1.29, 1.82) is 0 Å². The fraction of sp³-hybridized carbons (Fsp3) is 0.269. The van der Waals surface area contributed by atoms with E-state index in [4.69, 9.17) is 4.99 Å². The minimum atomic E-state index is 0.718. The van der Waals surface area contributed by atoms with Crippen molar-refractivity contribution >= 4 is 17.0 Å². The van der Waals surface area contributed by atoms with Gasteiger partial charge in [-0.1, -0.05) is 42.3 Å². The molecule has 0 spiro atoms. The Hall–Kier alpha value is -3.25. The Morgan fingerprint density at radius 1 is 1.00 bits per heavy atom. The van der Waals surface area contributed by atoms with Gasteiger partial charge in [-0.2, -0.15) is 0 Å². The minimum Gasteiger partial charge on any atom is -0.313 e. The van der Waals surface area contributed by atoms with E-state index in [0.29, 0.717) is 0 Å². The van der Waals surface area contributed by atoms with Crippen LogP contribution in [-0.4, -0.2) is 19.3 Å². The number of aryl methyl sites for hydroxylation is 2. The third-order valence-corrected chi connectivity index (χ3v) is 6.78. The summed E-state index contributed by atoms with van der Waals surface area (Å²) in [6.45, 7) is 7.77. The summed E-state index contributed by atoms with van der Waals surface area (Å²) >= 11 is 1.65. The topological polar surface area (TPSA) is 48.0 Å². The Morgan fingerprint density at radius 3 is 2.56 bits per heavy atom. The van der Waals surface area contributed by atoms with E-state index in [1.54, 1.807) is 11.3 Å². The van der Waals surface area contributed by atoms with Crippen LogP contribution in [0.15, 0.2) is 71.6 Å². The zero-order chi connectivity index (χ0) is 21.9. The highest BCUT2D eigenvalue weighted by Crippen LogP contribution is 2.25. The maximum absolute atomic E-state index is 4.94. The number of hydrogen-bond acceptors (Lipinski definition) is 4. The van der Waals surface area contributed by atoms with Crippen molar-refractivity contribution in [1.82, 2.24) is 19.3 Å². The highest BCUT2D eigenvalue weighted by molar-refractivity contribution is 7.07. The minimum absolute atomic E-state index is 0.718. The summed E-state index contributed by atoms with van der Waals surface area (Å²) in [6, 6.07) is 17.0. The molecule has 0 radical (unpaired) electrons. The van der Waals surface area contributed by atoms with E-state index in [0.717, 1.165) is 52.9 Å². The summed E-state index contributed by atoms with van der Waals surface area (Å²) in [5.74, 6) is 2.08. The largest absolute Gasteiger partial charge is 0.313 e. The molecule has 1 aliphatic heterocycles. The molecule has 0 saturated carbocycles. The van der Waals surface area contributed by atoms with Crippen molar-refractivity contribution in [3.8, 4) is 22.6 Å². The Morgan fingerprint density at radius 2 is 1.78 bits per heavy atom. The first-order valence-electron chi connectivity index (χ1n) is 11.2. The molecule has 2 aromatic carbocycles. The van der Waals surface area contributed by atoms with Gasteiger partial charge in [0.25, 0.3) is 0 Å². The van der Waals surface area contributed by atoms with Gasteiger partial charge in [0.2, 0.25) is 0 Å². The number of rotatable bonds is 5. The molecule has 0 atom stereocenters. The van der Waals surface area contributed by atoms with Crippen LogP contribution < -0.4 is 4.80 Å². The molecule has 0 aliphatic carbocycles. The van der Waals surface area contributed by atoms with Gasteiger partial charge in [0.05, 0.1) is 11.4 Å². The molecule has 4 aromatic rings. The quantitative estimate of drug-likeness (QED) is 0.361. The van der Waals surface area contributed by atoms with Crippen LogP contribution in [0, 0.1) is 6.92 Å². The third-order valence-electron chi connectivity index (χ3n) is 5.92. The lowest BCUT2D eigenvalue weighted by atomic mass is 10.1. The van der Waals surface area contributed by atoms with Crippen molar-refractivity contribution in [3.63, 3.8) is 0 Å². The van der Waals surface area contributed by atoms with Crippen LogP contribution in [0.2, 0.25) is 0 Å². The standard InChI is InChI=1S/C26H27N5S/c1-3-16-30-23(20-10-8-19(2)9-11-20)18-32-26(30)27-22-14-12-21(13-15-22)25-29-28-24-7-5-4-6-17-31(24)25/h3,8-15,18H,1,4-7,16-17H2,2H3. The van der Waals surface area contributed by atoms with Gasteiger partial charge in [0, 0.05) is 30.5 Å². The molecule has 162 valence electrons. The maximum Gasteiger partial charge on any atom is 0.190 e. The SMILES string of the molecule is C=CCn1c(-c2ccc(C)cc2)csc1=Nc1ccc(-c2nnc3n2CCCCC3)cc1. The fourth-order valence-corrected chi connectivity index (χ4v) is 5.11. The average molecular weight is 442 g/mol. The van der Waals surface area contributed by atoms with Crippen LogP contribution >= 0.6 is 11.3 Å². The Kier molecular flexibility index (Phi) is 5.86. The second kappa shape index (κ2) is 9.09. The zero-order valence-electron chi connectivity index (χ0n) is 18.4. The Bertz CT molecular complexity index is 1290. The molecule has 0 amide bonds. The zero-order valence-corrected chi connectivity index (χ0v) is 19.2.